The fourth-order valence-corrected chi connectivity index (χ4v) is 4.21. The van der Waals surface area contributed by atoms with Crippen LogP contribution in [0.15, 0.2) is 34.1 Å². The minimum absolute atomic E-state index is 0. The van der Waals surface area contributed by atoms with E-state index in [2.05, 4.69) is 43.7 Å². The second-order valence-corrected chi connectivity index (χ2v) is 7.14. The Morgan fingerprint density at radius 1 is 1.29 bits per heavy atom. The van der Waals surface area contributed by atoms with E-state index < -0.39 is 0 Å². The van der Waals surface area contributed by atoms with Crippen LogP contribution in [0, 0.1) is 0 Å². The second kappa shape index (κ2) is 9.85. The Morgan fingerprint density at radius 2 is 2.00 bits per heavy atom. The van der Waals surface area contributed by atoms with E-state index in [9.17, 15) is 5.11 Å². The van der Waals surface area contributed by atoms with Crippen molar-refractivity contribution < 1.29 is 9.84 Å². The third kappa shape index (κ3) is 4.56. The van der Waals surface area contributed by atoms with Gasteiger partial charge in [-0.3, -0.25) is 4.90 Å². The van der Waals surface area contributed by atoms with Gasteiger partial charge in [-0.25, -0.2) is 0 Å². The zero-order valence-corrected chi connectivity index (χ0v) is 17.2. The van der Waals surface area contributed by atoms with Crippen LogP contribution in [0.3, 0.4) is 0 Å². The number of nitrogens with one attached hydrogen (secondary N) is 1. The van der Waals surface area contributed by atoms with E-state index in [1.165, 1.54) is 4.88 Å². The highest BCUT2D eigenvalue weighted by Crippen LogP contribution is 2.42. The minimum Gasteiger partial charge on any atom is -0.504 e. The minimum atomic E-state index is 0. The lowest BCUT2D eigenvalue weighted by Crippen LogP contribution is -2.45. The molecule has 0 unspecified atom stereocenters. The van der Waals surface area contributed by atoms with Crippen molar-refractivity contribution in [1.29, 1.82) is 0 Å². The smallest absolute Gasteiger partial charge is 0.162 e. The number of rotatable bonds is 4. The number of ether oxygens (including phenoxy) is 1. The molecule has 0 spiro atoms. The standard InChI is InChI=1S/C16H19BrN2O2S.2ClH/c1-21-13-10-11(17)9-12(16(13)20)15(14-3-2-8-22-14)19-6-4-18-5-7-19;;/h2-3,8-10,15,18,20H,4-7H2,1H3;2*1H/t15-;;/m1../s1. The average Bonchev–Trinajstić information content (AvgIpc) is 3.05. The molecule has 1 fully saturated rings. The molecular weight excluding hydrogens is 435 g/mol. The number of phenolic OH excluding ortho intramolecular Hbond substituents is 1. The number of hydrogen-bond acceptors (Lipinski definition) is 5. The van der Waals surface area contributed by atoms with Crippen LogP contribution in [0.2, 0.25) is 0 Å². The Morgan fingerprint density at radius 3 is 2.58 bits per heavy atom. The first-order chi connectivity index (χ1) is 10.7. The summed E-state index contributed by atoms with van der Waals surface area (Å²) in [5, 5.41) is 16.1. The van der Waals surface area contributed by atoms with Gasteiger partial charge in [-0.1, -0.05) is 22.0 Å². The van der Waals surface area contributed by atoms with E-state index in [0.717, 1.165) is 36.2 Å². The predicted octanol–water partition coefficient (Wildman–Crippen LogP) is 4.06. The van der Waals surface area contributed by atoms with Gasteiger partial charge in [-0.15, -0.1) is 36.2 Å². The second-order valence-electron chi connectivity index (χ2n) is 5.25. The summed E-state index contributed by atoms with van der Waals surface area (Å²) in [5.74, 6) is 0.726. The Bertz CT molecular complexity index is 637. The molecular formula is C16H21BrCl2N2O2S. The molecule has 24 heavy (non-hydrogen) atoms. The highest BCUT2D eigenvalue weighted by atomic mass is 79.9. The molecule has 3 rings (SSSR count). The van der Waals surface area contributed by atoms with Crippen molar-refractivity contribution in [3.05, 3.63) is 44.6 Å². The van der Waals surface area contributed by atoms with Crippen LogP contribution in [0.5, 0.6) is 11.5 Å². The van der Waals surface area contributed by atoms with Crippen LogP contribution in [-0.4, -0.2) is 43.3 Å². The molecule has 134 valence electrons. The number of phenols is 1. The van der Waals surface area contributed by atoms with Crippen LogP contribution in [0.1, 0.15) is 16.5 Å². The van der Waals surface area contributed by atoms with Crippen molar-refractivity contribution in [2.24, 2.45) is 0 Å². The number of methoxy groups -OCH3 is 1. The molecule has 1 aromatic carbocycles. The Balaban J connectivity index is 0.00000144. The highest BCUT2D eigenvalue weighted by Gasteiger charge is 2.28. The number of thiophene rings is 1. The molecule has 2 heterocycles. The van der Waals surface area contributed by atoms with Crippen molar-refractivity contribution in [3.63, 3.8) is 0 Å². The van der Waals surface area contributed by atoms with Crippen LogP contribution in [-0.2, 0) is 0 Å². The van der Waals surface area contributed by atoms with Gasteiger partial charge >= 0.3 is 0 Å². The summed E-state index contributed by atoms with van der Waals surface area (Å²) in [5.41, 5.74) is 0.885. The normalized spacial score (nSPS) is 15.9. The van der Waals surface area contributed by atoms with Crippen LogP contribution in [0.25, 0.3) is 0 Å². The zero-order valence-electron chi connectivity index (χ0n) is 13.2. The summed E-state index contributed by atoms with van der Waals surface area (Å²) in [4.78, 5) is 3.64. The van der Waals surface area contributed by atoms with Gasteiger partial charge < -0.3 is 15.2 Å². The van der Waals surface area contributed by atoms with Gasteiger partial charge in [0.25, 0.3) is 0 Å². The fraction of sp³-hybridized carbons (Fsp3) is 0.375. The lowest BCUT2D eigenvalue weighted by Gasteiger charge is -2.35. The van der Waals surface area contributed by atoms with E-state index in [1.807, 2.05) is 6.07 Å². The van der Waals surface area contributed by atoms with E-state index in [1.54, 1.807) is 24.5 Å². The SMILES string of the molecule is COc1cc(Br)cc([C@H](c2cccs2)N2CCNCC2)c1O.Cl.Cl. The number of nitrogens with zero attached hydrogens (tertiary/aromatic N) is 1. The molecule has 0 aliphatic carbocycles. The van der Waals surface area contributed by atoms with Crippen molar-refractivity contribution in [2.75, 3.05) is 33.3 Å². The molecule has 2 N–H and O–H groups in total. The van der Waals surface area contributed by atoms with Gasteiger partial charge in [0, 0.05) is 41.1 Å². The molecule has 1 saturated heterocycles. The monoisotopic (exact) mass is 454 g/mol. The summed E-state index contributed by atoms with van der Waals surface area (Å²) in [7, 11) is 1.58. The van der Waals surface area contributed by atoms with Crippen molar-refractivity contribution in [1.82, 2.24) is 10.2 Å². The molecule has 1 aromatic heterocycles. The summed E-state index contributed by atoms with van der Waals surface area (Å²) in [6.07, 6.45) is 0. The first-order valence-corrected chi connectivity index (χ1v) is 8.92. The summed E-state index contributed by atoms with van der Waals surface area (Å²) in [6, 6.07) is 8.02. The molecule has 0 radical (unpaired) electrons. The predicted molar refractivity (Wildman–Crippen MR) is 107 cm³/mol. The van der Waals surface area contributed by atoms with E-state index in [4.69, 9.17) is 4.74 Å². The van der Waals surface area contributed by atoms with Crippen molar-refractivity contribution >= 4 is 52.1 Å². The molecule has 4 nitrogen and oxygen atoms in total. The molecule has 1 aliphatic rings. The molecule has 8 heteroatoms. The molecule has 1 aliphatic heterocycles. The summed E-state index contributed by atoms with van der Waals surface area (Å²) < 4.78 is 6.22. The topological polar surface area (TPSA) is 44.7 Å². The highest BCUT2D eigenvalue weighted by molar-refractivity contribution is 9.10. The lowest BCUT2D eigenvalue weighted by atomic mass is 10.0. The maximum Gasteiger partial charge on any atom is 0.162 e. The fourth-order valence-electron chi connectivity index (χ4n) is 2.88. The quantitative estimate of drug-likeness (QED) is 0.729. The summed E-state index contributed by atoms with van der Waals surface area (Å²) in [6.45, 7) is 3.84. The molecule has 2 aromatic rings. The van der Waals surface area contributed by atoms with Gasteiger partial charge in [-0.05, 0) is 23.6 Å². The Labute approximate surface area is 167 Å². The number of piperazine rings is 1. The zero-order chi connectivity index (χ0) is 15.5. The Kier molecular flexibility index (Phi) is 8.84. The number of hydrogen-bond donors (Lipinski definition) is 2. The molecule has 1 atom stereocenters. The van der Waals surface area contributed by atoms with Crippen molar-refractivity contribution in [3.8, 4) is 11.5 Å². The average molecular weight is 456 g/mol. The van der Waals surface area contributed by atoms with Gasteiger partial charge in [0.2, 0.25) is 0 Å². The molecule has 0 bridgehead atoms. The third-order valence-electron chi connectivity index (χ3n) is 3.91. The number of halogens is 3. The first kappa shape index (κ1) is 21.5. The largest absolute Gasteiger partial charge is 0.504 e. The van der Waals surface area contributed by atoms with Gasteiger partial charge in [-0.2, -0.15) is 0 Å². The van der Waals surface area contributed by atoms with Crippen LogP contribution >= 0.6 is 52.1 Å². The number of aromatic hydroxyl groups is 1. The molecule has 0 amide bonds. The van der Waals surface area contributed by atoms with Crippen molar-refractivity contribution in [2.45, 2.75) is 6.04 Å². The van der Waals surface area contributed by atoms with E-state index in [-0.39, 0.29) is 36.6 Å². The van der Waals surface area contributed by atoms with Gasteiger partial charge in [0.05, 0.1) is 13.2 Å². The lowest BCUT2D eigenvalue weighted by molar-refractivity contribution is 0.197. The third-order valence-corrected chi connectivity index (χ3v) is 5.30. The summed E-state index contributed by atoms with van der Waals surface area (Å²) >= 11 is 5.24. The van der Waals surface area contributed by atoms with E-state index >= 15 is 0 Å². The maximum atomic E-state index is 10.6. The van der Waals surface area contributed by atoms with E-state index in [0.29, 0.717) is 5.75 Å². The van der Waals surface area contributed by atoms with Crippen LogP contribution < -0.4 is 10.1 Å². The first-order valence-electron chi connectivity index (χ1n) is 7.25. The van der Waals surface area contributed by atoms with Gasteiger partial charge in [0.1, 0.15) is 0 Å². The number of benzene rings is 1. The van der Waals surface area contributed by atoms with Gasteiger partial charge in [0.15, 0.2) is 11.5 Å². The molecule has 0 saturated carbocycles. The van der Waals surface area contributed by atoms with Crippen LogP contribution in [0.4, 0.5) is 0 Å². The maximum absolute atomic E-state index is 10.6. The Hall–Kier alpha value is -0.500.